The summed E-state index contributed by atoms with van der Waals surface area (Å²) in [6, 6.07) is 13.0. The van der Waals surface area contributed by atoms with Crippen molar-refractivity contribution in [1.82, 2.24) is 9.79 Å². The Balaban J connectivity index is 1.74. The van der Waals surface area contributed by atoms with Crippen LogP contribution in [0.5, 0.6) is 17.2 Å². The molecule has 0 fully saturated rings. The van der Waals surface area contributed by atoms with E-state index < -0.39 is 45.0 Å². The molecule has 46 heavy (non-hydrogen) atoms. The third kappa shape index (κ3) is 7.33. The van der Waals surface area contributed by atoms with Crippen LogP contribution < -0.4 is 24.0 Å². The van der Waals surface area contributed by atoms with E-state index in [0.717, 1.165) is 10.1 Å². The molecule has 0 aromatic heterocycles. The van der Waals surface area contributed by atoms with Crippen molar-refractivity contribution >= 4 is 33.6 Å². The number of hydroxylamine groups is 3. The van der Waals surface area contributed by atoms with Crippen LogP contribution >= 0.6 is 0 Å². The average Bonchev–Trinajstić information content (AvgIpc) is 3.49. The van der Waals surface area contributed by atoms with E-state index in [9.17, 15) is 27.9 Å². The van der Waals surface area contributed by atoms with Crippen molar-refractivity contribution in [2.24, 2.45) is 0 Å². The molecule has 15 heteroatoms. The molecule has 3 aromatic carbocycles. The number of nitrogens with zero attached hydrogens (tertiary/aromatic N) is 2. The number of carbonyl (C=O) groups is 3. The number of hydrogen-bond acceptors (Lipinski definition) is 10. The topological polar surface area (TPSA) is 170 Å². The number of carboxylic acids is 1. The molecule has 1 unspecified atom stereocenters. The maximum Gasteiger partial charge on any atom is 0.372 e. The molecule has 246 valence electrons. The lowest BCUT2D eigenvalue weighted by Crippen LogP contribution is -2.46. The third-order valence-electron chi connectivity index (χ3n) is 6.83. The fraction of sp³-hybridized carbons (Fsp3) is 0.323. The Labute approximate surface area is 266 Å². The third-order valence-corrected chi connectivity index (χ3v) is 8.22. The van der Waals surface area contributed by atoms with Gasteiger partial charge in [-0.05, 0) is 68.3 Å². The number of nitrogens with one attached hydrogen (secondary N) is 1. The minimum Gasteiger partial charge on any atom is -0.478 e. The van der Waals surface area contributed by atoms with Crippen LogP contribution in [-0.4, -0.2) is 63.5 Å². The van der Waals surface area contributed by atoms with Gasteiger partial charge in [-0.1, -0.05) is 31.5 Å². The number of ether oxygens (including phenoxy) is 3. The van der Waals surface area contributed by atoms with Crippen molar-refractivity contribution in [3.63, 3.8) is 0 Å². The molecule has 0 aliphatic carbocycles. The highest BCUT2D eigenvalue weighted by atomic mass is 32.2. The lowest BCUT2D eigenvalue weighted by Gasteiger charge is -2.30. The van der Waals surface area contributed by atoms with E-state index in [-0.39, 0.29) is 29.4 Å². The van der Waals surface area contributed by atoms with Gasteiger partial charge in [-0.3, -0.25) is 14.5 Å². The van der Waals surface area contributed by atoms with Crippen molar-refractivity contribution in [2.45, 2.75) is 50.7 Å². The zero-order valence-corrected chi connectivity index (χ0v) is 26.7. The molecule has 2 N–H and O–H groups in total. The molecule has 4 rings (SSSR count). The van der Waals surface area contributed by atoms with Gasteiger partial charge >= 0.3 is 12.0 Å². The van der Waals surface area contributed by atoms with Crippen LogP contribution in [0.2, 0.25) is 0 Å². The Hall–Kier alpha value is -4.86. The van der Waals surface area contributed by atoms with Gasteiger partial charge in [0.2, 0.25) is 12.9 Å². The molecule has 3 amide bonds. The molecule has 1 aliphatic heterocycles. The summed E-state index contributed by atoms with van der Waals surface area (Å²) < 4.78 is 46.7. The van der Waals surface area contributed by atoms with Crippen LogP contribution in [0.3, 0.4) is 0 Å². The molecule has 1 heterocycles. The van der Waals surface area contributed by atoms with E-state index >= 15 is 0 Å². The number of carboxylic acid groups (broad SMARTS) is 1. The Morgan fingerprint density at radius 2 is 1.70 bits per heavy atom. The lowest BCUT2D eigenvalue weighted by molar-refractivity contribution is -0.126. The zero-order valence-electron chi connectivity index (χ0n) is 25.9. The monoisotopic (exact) mass is 657 g/mol. The predicted molar refractivity (Wildman–Crippen MR) is 164 cm³/mol. The number of aryl methyl sites for hydroxylation is 1. The molecule has 0 spiro atoms. The van der Waals surface area contributed by atoms with Crippen molar-refractivity contribution in [2.75, 3.05) is 26.1 Å². The number of carbonyl (C=O) groups excluding carboxylic acids is 2. The first-order valence-corrected chi connectivity index (χ1v) is 15.7. The van der Waals surface area contributed by atoms with E-state index in [1.54, 1.807) is 19.9 Å². The Morgan fingerprint density at radius 3 is 2.35 bits per heavy atom. The summed E-state index contributed by atoms with van der Waals surface area (Å²) in [4.78, 5) is 48.7. The van der Waals surface area contributed by atoms with Crippen LogP contribution in [0.4, 0.5) is 10.5 Å². The molecule has 0 radical (unpaired) electrons. The molecular weight excluding hydrogens is 622 g/mol. The highest BCUT2D eigenvalue weighted by Crippen LogP contribution is 2.37. The van der Waals surface area contributed by atoms with Crippen LogP contribution in [0, 0.1) is 0 Å². The first kappa shape index (κ1) is 34.0. The van der Waals surface area contributed by atoms with E-state index in [2.05, 4.69) is 4.72 Å². The number of fused-ring (bicyclic) bond motifs is 1. The van der Waals surface area contributed by atoms with Crippen LogP contribution in [0.1, 0.15) is 54.8 Å². The van der Waals surface area contributed by atoms with Crippen LogP contribution in [-0.2, 0) is 30.9 Å². The van der Waals surface area contributed by atoms with Gasteiger partial charge in [-0.2, -0.15) is 10.1 Å². The van der Waals surface area contributed by atoms with E-state index in [4.69, 9.17) is 23.9 Å². The number of amides is 3. The fourth-order valence-corrected chi connectivity index (χ4v) is 5.91. The number of benzene rings is 3. The maximum absolute atomic E-state index is 13.9. The summed E-state index contributed by atoms with van der Waals surface area (Å²) in [6.45, 7) is 5.24. The molecule has 3 aromatic rings. The van der Waals surface area contributed by atoms with Crippen LogP contribution in [0.15, 0.2) is 65.6 Å². The highest BCUT2D eigenvalue weighted by molar-refractivity contribution is 7.90. The summed E-state index contributed by atoms with van der Waals surface area (Å²) in [5.41, 5.74) is 0.585. The summed E-state index contributed by atoms with van der Waals surface area (Å²) in [7, 11) is -2.21. The van der Waals surface area contributed by atoms with Gasteiger partial charge in [-0.25, -0.2) is 22.7 Å². The molecular formula is C31H35N3O11S. The van der Waals surface area contributed by atoms with Gasteiger partial charge < -0.3 is 19.3 Å². The minimum atomic E-state index is -4.67. The number of hydrogen-bond donors (Lipinski definition) is 2. The number of para-hydroxylation sites is 1. The normalized spacial score (nSPS) is 12.8. The fourth-order valence-electron chi connectivity index (χ4n) is 4.74. The largest absolute Gasteiger partial charge is 0.478 e. The molecule has 0 saturated heterocycles. The van der Waals surface area contributed by atoms with E-state index in [1.165, 1.54) is 68.8 Å². The Morgan fingerprint density at radius 1 is 0.978 bits per heavy atom. The number of sulfonamides is 1. The van der Waals surface area contributed by atoms with E-state index in [0.29, 0.717) is 29.9 Å². The van der Waals surface area contributed by atoms with Gasteiger partial charge in [0.15, 0.2) is 11.5 Å². The molecule has 14 nitrogen and oxygen atoms in total. The Kier molecular flexibility index (Phi) is 10.7. The average molecular weight is 658 g/mol. The predicted octanol–water partition coefficient (Wildman–Crippen LogP) is 4.45. The summed E-state index contributed by atoms with van der Waals surface area (Å²) >= 11 is 0. The van der Waals surface area contributed by atoms with Gasteiger partial charge in [0, 0.05) is 5.56 Å². The van der Waals surface area contributed by atoms with Crippen molar-refractivity contribution in [3.8, 4) is 17.2 Å². The molecule has 0 bridgehead atoms. The number of rotatable bonds is 13. The van der Waals surface area contributed by atoms with Gasteiger partial charge in [0.1, 0.15) is 10.6 Å². The SMILES string of the molecule is CCCc1cc(C(=O)O)ccc1OC(C(=O)NS(=O)(=O)c1ccccc1N(OC)C(=O)N(OC)C(C)C)c1ccc2c(c1)OCO2. The molecule has 1 atom stereocenters. The molecule has 1 aliphatic rings. The second kappa shape index (κ2) is 14.5. The number of urea groups is 1. The smallest absolute Gasteiger partial charge is 0.372 e. The van der Waals surface area contributed by atoms with Crippen molar-refractivity contribution in [3.05, 3.63) is 77.4 Å². The van der Waals surface area contributed by atoms with E-state index in [1.807, 2.05) is 6.92 Å². The van der Waals surface area contributed by atoms with Gasteiger partial charge in [0.05, 0.1) is 31.5 Å². The quantitative estimate of drug-likeness (QED) is 0.249. The standard InChI is InChI=1S/C31H35N3O11S/c1-6-9-20-16-22(30(36)37)13-14-24(20)45-28(21-12-15-25-26(17-21)44-18-43-25)29(35)32-46(39,40)27-11-8-7-10-23(27)34(42-5)31(38)33(41-4)19(2)3/h7-8,10-17,19,28H,6,9,18H2,1-5H3,(H,32,35)(H,36,37). The van der Waals surface area contributed by atoms with Crippen molar-refractivity contribution < 1.29 is 51.8 Å². The zero-order chi connectivity index (χ0) is 33.6. The minimum absolute atomic E-state index is 0.0285. The first-order valence-electron chi connectivity index (χ1n) is 14.2. The van der Waals surface area contributed by atoms with Gasteiger partial charge in [-0.15, -0.1) is 0 Å². The maximum atomic E-state index is 13.9. The Bertz CT molecular complexity index is 1710. The van der Waals surface area contributed by atoms with Crippen LogP contribution in [0.25, 0.3) is 0 Å². The molecule has 0 saturated carbocycles. The summed E-state index contributed by atoms with van der Waals surface area (Å²) in [5, 5.41) is 11.2. The number of aromatic carboxylic acids is 1. The second-order valence-electron chi connectivity index (χ2n) is 10.3. The second-order valence-corrected chi connectivity index (χ2v) is 11.9. The summed E-state index contributed by atoms with van der Waals surface area (Å²) in [5.74, 6) is -1.27. The van der Waals surface area contributed by atoms with Gasteiger partial charge in [0.25, 0.3) is 15.9 Å². The first-order chi connectivity index (χ1) is 21.9. The lowest BCUT2D eigenvalue weighted by atomic mass is 10.0. The summed E-state index contributed by atoms with van der Waals surface area (Å²) in [6.07, 6.45) is -0.488. The number of anilines is 1. The highest BCUT2D eigenvalue weighted by Gasteiger charge is 2.34. The van der Waals surface area contributed by atoms with Crippen molar-refractivity contribution in [1.29, 1.82) is 0 Å².